The van der Waals surface area contributed by atoms with E-state index >= 15 is 0 Å². The van der Waals surface area contributed by atoms with Crippen LogP contribution in [0.1, 0.15) is 17.0 Å². The zero-order valence-corrected chi connectivity index (χ0v) is 15.5. The van der Waals surface area contributed by atoms with Gasteiger partial charge in [0.25, 0.3) is 5.95 Å². The lowest BCUT2D eigenvalue weighted by atomic mass is 10.2. The molecule has 0 saturated carbocycles. The summed E-state index contributed by atoms with van der Waals surface area (Å²) in [6.45, 7) is 3.81. The topological polar surface area (TPSA) is 102 Å². The van der Waals surface area contributed by atoms with Crippen LogP contribution >= 0.6 is 12.2 Å². The number of aromatic amines is 1. The molecular weight excluding hydrogens is 356 g/mol. The molecule has 10 heteroatoms. The second-order valence-corrected chi connectivity index (χ2v) is 5.88. The van der Waals surface area contributed by atoms with Crippen LogP contribution in [0.3, 0.4) is 0 Å². The van der Waals surface area contributed by atoms with Crippen LogP contribution in [0.5, 0.6) is 17.2 Å². The molecule has 3 rings (SSSR count). The van der Waals surface area contributed by atoms with Crippen molar-refractivity contribution >= 4 is 18.4 Å². The van der Waals surface area contributed by atoms with Crippen LogP contribution in [0.2, 0.25) is 0 Å². The zero-order valence-electron chi connectivity index (χ0n) is 14.7. The monoisotopic (exact) mass is 374 g/mol. The molecule has 2 heterocycles. The van der Waals surface area contributed by atoms with Crippen molar-refractivity contribution in [1.82, 2.24) is 24.7 Å². The lowest BCUT2D eigenvalue weighted by Gasteiger charge is -2.09. The first-order chi connectivity index (χ1) is 12.4. The van der Waals surface area contributed by atoms with Crippen LogP contribution in [-0.4, -0.2) is 50.2 Å². The number of H-pyrrole nitrogens is 1. The Hall–Kier alpha value is -3.14. The predicted molar refractivity (Wildman–Crippen MR) is 98.2 cm³/mol. The van der Waals surface area contributed by atoms with Gasteiger partial charge in [-0.15, -0.1) is 5.10 Å². The third-order valence-electron chi connectivity index (χ3n) is 3.66. The highest BCUT2D eigenvalue weighted by molar-refractivity contribution is 7.71. The number of rotatable bonds is 5. The highest BCUT2D eigenvalue weighted by atomic mass is 32.1. The van der Waals surface area contributed by atoms with Gasteiger partial charge in [-0.05, 0) is 44.3 Å². The van der Waals surface area contributed by atoms with E-state index in [0.717, 1.165) is 11.4 Å². The highest BCUT2D eigenvalue weighted by Gasteiger charge is 2.13. The minimum atomic E-state index is -0.0737. The van der Waals surface area contributed by atoms with E-state index in [1.807, 2.05) is 19.9 Å². The Morgan fingerprint density at radius 3 is 2.38 bits per heavy atom. The minimum absolute atomic E-state index is 0.0737. The van der Waals surface area contributed by atoms with Gasteiger partial charge in [0.1, 0.15) is 0 Å². The molecule has 0 bridgehead atoms. The lowest BCUT2D eigenvalue weighted by molar-refractivity contribution is 0.340. The molecule has 0 saturated heterocycles. The quantitative estimate of drug-likeness (QED) is 0.525. The number of phenols is 1. The molecule has 0 radical (unpaired) electrons. The van der Waals surface area contributed by atoms with E-state index in [-0.39, 0.29) is 17.2 Å². The Bertz CT molecular complexity index is 1010. The molecule has 0 fully saturated rings. The largest absolute Gasteiger partial charge is 0.502 e. The van der Waals surface area contributed by atoms with Gasteiger partial charge in [-0.2, -0.15) is 14.9 Å². The number of hydrogen-bond donors (Lipinski definition) is 2. The van der Waals surface area contributed by atoms with Crippen LogP contribution in [0.25, 0.3) is 5.95 Å². The maximum atomic E-state index is 9.99. The summed E-state index contributed by atoms with van der Waals surface area (Å²) < 4.78 is 13.7. The Morgan fingerprint density at radius 1 is 1.19 bits per heavy atom. The third kappa shape index (κ3) is 3.18. The Morgan fingerprint density at radius 2 is 1.85 bits per heavy atom. The van der Waals surface area contributed by atoms with E-state index in [1.165, 1.54) is 18.9 Å². The molecule has 0 aliphatic rings. The second kappa shape index (κ2) is 7.00. The lowest BCUT2D eigenvalue weighted by Crippen LogP contribution is -2.07. The summed E-state index contributed by atoms with van der Waals surface area (Å²) in [5.41, 5.74) is 2.42. The molecule has 0 unspecified atom stereocenters. The van der Waals surface area contributed by atoms with E-state index in [2.05, 4.69) is 20.4 Å². The van der Waals surface area contributed by atoms with Gasteiger partial charge < -0.3 is 14.6 Å². The fraction of sp³-hybridized carbons (Fsp3) is 0.250. The van der Waals surface area contributed by atoms with Crippen molar-refractivity contribution in [2.75, 3.05) is 14.2 Å². The normalized spacial score (nSPS) is 11.2. The zero-order chi connectivity index (χ0) is 18.8. The van der Waals surface area contributed by atoms with Gasteiger partial charge >= 0.3 is 0 Å². The predicted octanol–water partition coefficient (Wildman–Crippen LogP) is 2.35. The van der Waals surface area contributed by atoms with Crippen LogP contribution < -0.4 is 9.47 Å². The molecule has 2 N–H and O–H groups in total. The van der Waals surface area contributed by atoms with Crippen LogP contribution in [0.15, 0.2) is 23.3 Å². The number of benzene rings is 1. The van der Waals surface area contributed by atoms with Gasteiger partial charge in [0, 0.05) is 11.3 Å². The van der Waals surface area contributed by atoms with Gasteiger partial charge in [-0.3, -0.25) is 0 Å². The summed E-state index contributed by atoms with van der Waals surface area (Å²) in [5.74, 6) is 0.922. The molecule has 2 aromatic heterocycles. The second-order valence-electron chi connectivity index (χ2n) is 5.50. The number of hydrogen-bond acceptors (Lipinski definition) is 7. The molecule has 1 aromatic carbocycles. The smallest absolute Gasteiger partial charge is 0.271 e. The number of nitrogens with zero attached hydrogens (tertiary/aromatic N) is 5. The van der Waals surface area contributed by atoms with Crippen molar-refractivity contribution < 1.29 is 14.6 Å². The molecule has 9 nitrogen and oxygen atoms in total. The Labute approximate surface area is 154 Å². The van der Waals surface area contributed by atoms with E-state index in [4.69, 9.17) is 21.7 Å². The SMILES string of the molecule is COc1cc(/C=N/n2c(-n3nc(C)cc3C)n[nH]c2=S)cc(OC)c1O. The number of nitrogens with one attached hydrogen (secondary N) is 1. The van der Waals surface area contributed by atoms with Crippen molar-refractivity contribution in [3.8, 4) is 23.2 Å². The van der Waals surface area contributed by atoms with E-state index in [0.29, 0.717) is 16.3 Å². The summed E-state index contributed by atoms with van der Waals surface area (Å²) in [4.78, 5) is 0. The molecule has 0 aliphatic carbocycles. The first-order valence-corrected chi connectivity index (χ1v) is 8.05. The average Bonchev–Trinajstić information content (AvgIpc) is 3.15. The van der Waals surface area contributed by atoms with Crippen molar-refractivity contribution in [2.24, 2.45) is 5.10 Å². The number of phenolic OH excluding ortho intramolecular Hbond substituents is 1. The fourth-order valence-electron chi connectivity index (χ4n) is 2.47. The molecule has 26 heavy (non-hydrogen) atoms. The van der Waals surface area contributed by atoms with Gasteiger partial charge in [0.2, 0.25) is 10.5 Å². The van der Waals surface area contributed by atoms with E-state index < -0.39 is 0 Å². The minimum Gasteiger partial charge on any atom is -0.502 e. The molecule has 136 valence electrons. The van der Waals surface area contributed by atoms with Crippen LogP contribution in [0.4, 0.5) is 0 Å². The molecule has 0 amide bonds. The van der Waals surface area contributed by atoms with Gasteiger partial charge in [0.15, 0.2) is 11.5 Å². The highest BCUT2D eigenvalue weighted by Crippen LogP contribution is 2.36. The van der Waals surface area contributed by atoms with Crippen LogP contribution in [-0.2, 0) is 0 Å². The Kier molecular flexibility index (Phi) is 4.76. The standard InChI is InChI=1S/C16H18N6O3S/c1-9-5-10(2)21(20-9)15-18-19-16(26)22(15)17-8-11-6-12(24-3)14(23)13(7-11)25-4/h5-8,23H,1-4H3,(H,19,26)/b17-8+. The first kappa shape index (κ1) is 17.7. The Balaban J connectivity index is 2.04. The molecule has 0 atom stereocenters. The van der Waals surface area contributed by atoms with Gasteiger partial charge in [-0.1, -0.05) is 0 Å². The number of ether oxygens (including phenoxy) is 2. The van der Waals surface area contributed by atoms with Gasteiger partial charge in [-0.25, -0.2) is 9.78 Å². The van der Waals surface area contributed by atoms with Crippen molar-refractivity contribution in [1.29, 1.82) is 0 Å². The summed E-state index contributed by atoms with van der Waals surface area (Å²) in [6.07, 6.45) is 1.56. The maximum absolute atomic E-state index is 9.99. The molecular formula is C16H18N6O3S. The summed E-state index contributed by atoms with van der Waals surface area (Å²) >= 11 is 5.26. The maximum Gasteiger partial charge on any atom is 0.271 e. The number of aromatic nitrogens is 5. The van der Waals surface area contributed by atoms with E-state index in [9.17, 15) is 5.11 Å². The number of aromatic hydroxyl groups is 1. The third-order valence-corrected chi connectivity index (χ3v) is 3.92. The number of aryl methyl sites for hydroxylation is 2. The van der Waals surface area contributed by atoms with Crippen molar-refractivity contribution in [2.45, 2.75) is 13.8 Å². The number of methoxy groups -OCH3 is 2. The van der Waals surface area contributed by atoms with Gasteiger partial charge in [0.05, 0.1) is 26.1 Å². The van der Waals surface area contributed by atoms with Crippen molar-refractivity contribution in [3.05, 3.63) is 39.9 Å². The molecule has 3 aromatic rings. The molecule has 0 spiro atoms. The fourth-order valence-corrected chi connectivity index (χ4v) is 2.64. The van der Waals surface area contributed by atoms with E-state index in [1.54, 1.807) is 23.0 Å². The average molecular weight is 374 g/mol. The van der Waals surface area contributed by atoms with Crippen LogP contribution in [0, 0.1) is 18.6 Å². The molecule has 0 aliphatic heterocycles. The summed E-state index contributed by atoms with van der Waals surface area (Å²) in [7, 11) is 2.92. The first-order valence-electron chi connectivity index (χ1n) is 7.65. The summed E-state index contributed by atoms with van der Waals surface area (Å²) in [5, 5.41) is 25.7. The van der Waals surface area contributed by atoms with Crippen molar-refractivity contribution in [3.63, 3.8) is 0 Å². The summed E-state index contributed by atoms with van der Waals surface area (Å²) in [6, 6.07) is 5.20.